The van der Waals surface area contributed by atoms with Gasteiger partial charge in [-0.15, -0.1) is 0 Å². The Morgan fingerprint density at radius 1 is 1.09 bits per heavy atom. The minimum absolute atomic E-state index is 0. The first-order valence-electron chi connectivity index (χ1n) is 8.43. The van der Waals surface area contributed by atoms with Gasteiger partial charge in [-0.25, -0.2) is 13.1 Å². The molecule has 1 heterocycles. The molecule has 13 nitrogen and oxygen atoms in total. The molecular formula is C17H21N6NaO7S. The van der Waals surface area contributed by atoms with Crippen molar-refractivity contribution in [3.63, 3.8) is 0 Å². The van der Waals surface area contributed by atoms with Crippen molar-refractivity contribution in [2.75, 3.05) is 38.4 Å². The van der Waals surface area contributed by atoms with Crippen LogP contribution in [0.5, 0.6) is 11.8 Å². The molecule has 32 heavy (non-hydrogen) atoms. The summed E-state index contributed by atoms with van der Waals surface area (Å²) < 4.78 is 38.4. The number of hydrogen-bond acceptors (Lipinski definition) is 9. The number of hydrogen-bond donors (Lipinski definition) is 3. The molecule has 15 heteroatoms. The number of aromatic nitrogens is 2. The number of sulfonamides is 1. The Kier molecular flexibility index (Phi) is 9.38. The third-order valence-corrected chi connectivity index (χ3v) is 5.18. The van der Waals surface area contributed by atoms with Crippen LogP contribution >= 0.6 is 0 Å². The van der Waals surface area contributed by atoms with Crippen molar-refractivity contribution < 1.29 is 32.3 Å². The van der Waals surface area contributed by atoms with Gasteiger partial charge < -0.3 is 25.4 Å². The predicted octanol–water partition coefficient (Wildman–Crippen LogP) is -0.985. The van der Waals surface area contributed by atoms with Crippen molar-refractivity contribution in [2.45, 2.75) is 4.90 Å². The van der Waals surface area contributed by atoms with Crippen LogP contribution in [-0.2, 0) is 14.8 Å². The number of nitrogens with one attached hydrogen (secondary N) is 2. The van der Waals surface area contributed by atoms with E-state index in [0.717, 1.165) is 17.0 Å². The van der Waals surface area contributed by atoms with Gasteiger partial charge in [0, 0.05) is 19.8 Å². The number of primary amides is 1. The SMILES string of the molecule is COc1cc(OC)nc(NS(=O)(=O)c2cc(NC=O)cc(C(N)=O)c2C(=O)N(C)C)n1.[NaH]. The van der Waals surface area contributed by atoms with Crippen LogP contribution in [0.1, 0.15) is 20.7 Å². The number of benzene rings is 1. The van der Waals surface area contributed by atoms with Crippen LogP contribution in [-0.4, -0.2) is 99.4 Å². The second-order valence-electron chi connectivity index (χ2n) is 6.10. The van der Waals surface area contributed by atoms with E-state index in [9.17, 15) is 22.8 Å². The first kappa shape index (κ1) is 27.1. The summed E-state index contributed by atoms with van der Waals surface area (Å²) in [6, 6.07) is 3.41. The van der Waals surface area contributed by atoms with Crippen LogP contribution in [0.2, 0.25) is 0 Å². The molecule has 3 amide bonds. The van der Waals surface area contributed by atoms with Crippen molar-refractivity contribution in [3.8, 4) is 11.8 Å². The van der Waals surface area contributed by atoms with E-state index in [1.165, 1.54) is 34.4 Å². The summed E-state index contributed by atoms with van der Waals surface area (Å²) in [6.45, 7) is 0. The van der Waals surface area contributed by atoms with E-state index in [0.29, 0.717) is 0 Å². The fourth-order valence-electron chi connectivity index (χ4n) is 2.45. The monoisotopic (exact) mass is 476 g/mol. The van der Waals surface area contributed by atoms with Gasteiger partial charge in [0.05, 0.1) is 31.4 Å². The third kappa shape index (κ3) is 6.06. The van der Waals surface area contributed by atoms with E-state index >= 15 is 0 Å². The normalized spacial score (nSPS) is 10.4. The number of carbonyl (C=O) groups excluding carboxylic acids is 3. The molecule has 0 saturated heterocycles. The number of carbonyl (C=O) groups is 3. The zero-order valence-corrected chi connectivity index (χ0v) is 17.8. The number of nitrogens with two attached hydrogens (primary N) is 1. The summed E-state index contributed by atoms with van der Waals surface area (Å²) in [5.74, 6) is -2.30. The van der Waals surface area contributed by atoms with E-state index in [-0.39, 0.29) is 53.4 Å². The molecule has 0 bridgehead atoms. The molecule has 0 fully saturated rings. The number of amides is 3. The number of ether oxygens (including phenoxy) is 2. The maximum absolute atomic E-state index is 13.2. The van der Waals surface area contributed by atoms with Gasteiger partial charge in [-0.1, -0.05) is 0 Å². The van der Waals surface area contributed by atoms with Crippen LogP contribution in [0, 0.1) is 0 Å². The van der Waals surface area contributed by atoms with Crippen molar-refractivity contribution in [1.29, 1.82) is 0 Å². The van der Waals surface area contributed by atoms with Crippen LogP contribution < -0.4 is 25.2 Å². The van der Waals surface area contributed by atoms with E-state index in [4.69, 9.17) is 15.2 Å². The Hall–Kier alpha value is -2.94. The Morgan fingerprint density at radius 3 is 2.09 bits per heavy atom. The average Bonchev–Trinajstić information content (AvgIpc) is 2.71. The van der Waals surface area contributed by atoms with Crippen LogP contribution in [0.3, 0.4) is 0 Å². The fourth-order valence-corrected chi connectivity index (χ4v) is 3.64. The second-order valence-corrected chi connectivity index (χ2v) is 7.76. The summed E-state index contributed by atoms with van der Waals surface area (Å²) in [5, 5.41) is 2.23. The van der Waals surface area contributed by atoms with Crippen LogP contribution in [0.15, 0.2) is 23.1 Å². The Labute approximate surface area is 206 Å². The Bertz CT molecular complexity index is 1120. The van der Waals surface area contributed by atoms with Gasteiger partial charge in [-0.3, -0.25) is 14.4 Å². The van der Waals surface area contributed by atoms with Gasteiger partial charge in [-0.05, 0) is 12.1 Å². The summed E-state index contributed by atoms with van der Waals surface area (Å²) in [7, 11) is 0.779. The summed E-state index contributed by atoms with van der Waals surface area (Å²) in [6.07, 6.45) is 0.271. The molecule has 0 aliphatic heterocycles. The van der Waals surface area contributed by atoms with E-state index in [1.807, 2.05) is 0 Å². The molecule has 0 aliphatic carbocycles. The molecule has 0 unspecified atom stereocenters. The van der Waals surface area contributed by atoms with Gasteiger partial charge in [0.1, 0.15) is 4.90 Å². The third-order valence-electron chi connectivity index (χ3n) is 3.83. The zero-order valence-electron chi connectivity index (χ0n) is 17.0. The van der Waals surface area contributed by atoms with Crippen LogP contribution in [0.4, 0.5) is 11.6 Å². The predicted molar refractivity (Wildman–Crippen MR) is 116 cm³/mol. The first-order chi connectivity index (χ1) is 14.5. The van der Waals surface area contributed by atoms with Crippen molar-refractivity contribution in [3.05, 3.63) is 29.3 Å². The molecular weight excluding hydrogens is 455 g/mol. The number of methoxy groups -OCH3 is 2. The summed E-state index contributed by atoms with van der Waals surface area (Å²) in [4.78, 5) is 43.7. The molecule has 1 aromatic heterocycles. The Morgan fingerprint density at radius 2 is 1.66 bits per heavy atom. The van der Waals surface area contributed by atoms with Crippen molar-refractivity contribution in [2.24, 2.45) is 5.73 Å². The molecule has 168 valence electrons. The molecule has 1 aromatic carbocycles. The summed E-state index contributed by atoms with van der Waals surface area (Å²) >= 11 is 0. The summed E-state index contributed by atoms with van der Waals surface area (Å²) in [5.41, 5.74) is 4.38. The number of anilines is 2. The van der Waals surface area contributed by atoms with Crippen LogP contribution in [0.25, 0.3) is 0 Å². The molecule has 0 aliphatic rings. The average molecular weight is 476 g/mol. The molecule has 0 radical (unpaired) electrons. The number of rotatable bonds is 9. The Balaban J connectivity index is 0.00000512. The molecule has 0 atom stereocenters. The van der Waals surface area contributed by atoms with Gasteiger partial charge in [0.25, 0.3) is 15.9 Å². The number of nitrogens with zero attached hydrogens (tertiary/aromatic N) is 3. The fraction of sp³-hybridized carbons (Fsp3) is 0.235. The second kappa shape index (κ2) is 11.1. The van der Waals surface area contributed by atoms with E-state index in [1.54, 1.807) is 0 Å². The molecule has 2 aromatic rings. The molecule has 4 N–H and O–H groups in total. The van der Waals surface area contributed by atoms with Crippen molar-refractivity contribution in [1.82, 2.24) is 14.9 Å². The van der Waals surface area contributed by atoms with Gasteiger partial charge in [-0.2, -0.15) is 9.97 Å². The maximum atomic E-state index is 13.2. The zero-order chi connectivity index (χ0) is 23.3. The van der Waals surface area contributed by atoms with E-state index in [2.05, 4.69) is 20.0 Å². The quantitative estimate of drug-likeness (QED) is 0.302. The van der Waals surface area contributed by atoms with Gasteiger partial charge in [0.15, 0.2) is 0 Å². The van der Waals surface area contributed by atoms with Crippen molar-refractivity contribution >= 4 is 69.4 Å². The molecule has 0 saturated carbocycles. The van der Waals surface area contributed by atoms with E-state index < -0.39 is 43.8 Å². The topological polar surface area (TPSA) is 183 Å². The first-order valence-corrected chi connectivity index (χ1v) is 9.92. The molecule has 2 rings (SSSR count). The molecule has 0 spiro atoms. The minimum atomic E-state index is -4.57. The van der Waals surface area contributed by atoms with Gasteiger partial charge >= 0.3 is 29.6 Å². The van der Waals surface area contributed by atoms with Gasteiger partial charge in [0.2, 0.25) is 30.0 Å². The standard InChI is InChI=1S/C17H20N6O7S.Na.H/c1-23(2)16(26)14-10(15(18)25)5-9(19-8-24)6-11(14)31(27,28)22-17-20-12(29-3)7-13(21-17)30-4;;/h5-8H,1-4H3,(H2,18,25)(H,19,24)(H,20,21,22);;.